The third-order valence-electron chi connectivity index (χ3n) is 1.80. The summed E-state index contributed by atoms with van der Waals surface area (Å²) in [6.07, 6.45) is -2.77. The van der Waals surface area contributed by atoms with Crippen molar-refractivity contribution in [2.24, 2.45) is 0 Å². The van der Waals surface area contributed by atoms with E-state index in [2.05, 4.69) is 15.9 Å². The number of hydrogen-bond donors (Lipinski definition) is 0. The van der Waals surface area contributed by atoms with Crippen LogP contribution in [0.3, 0.4) is 0 Å². The van der Waals surface area contributed by atoms with Crippen molar-refractivity contribution in [1.29, 1.82) is 0 Å². The summed E-state index contributed by atoms with van der Waals surface area (Å²) in [5.74, 6) is -1.52. The molecule has 0 aliphatic heterocycles. The van der Waals surface area contributed by atoms with Crippen LogP contribution in [0.4, 0.5) is 17.6 Å². The Kier molecular flexibility index (Phi) is 3.53. The minimum atomic E-state index is -2.77. The Balaban J connectivity index is 3.15. The molecule has 0 heterocycles. The molecule has 0 saturated carbocycles. The molecule has 1 unspecified atom stereocenters. The Morgan fingerprint density at radius 1 is 1.14 bits per heavy atom. The van der Waals surface area contributed by atoms with Gasteiger partial charge in [0.15, 0.2) is 0 Å². The first-order chi connectivity index (χ1) is 6.43. The molecule has 0 fully saturated rings. The fourth-order valence-corrected chi connectivity index (χ4v) is 1.36. The van der Waals surface area contributed by atoms with Gasteiger partial charge < -0.3 is 0 Å². The van der Waals surface area contributed by atoms with Gasteiger partial charge in [-0.15, -0.1) is 0 Å². The molecule has 0 saturated heterocycles. The zero-order valence-electron chi connectivity index (χ0n) is 7.20. The molecule has 1 aromatic rings. The van der Waals surface area contributed by atoms with E-state index >= 15 is 0 Å². The first kappa shape index (κ1) is 11.5. The highest BCUT2D eigenvalue weighted by Crippen LogP contribution is 2.32. The van der Waals surface area contributed by atoms with Crippen LogP contribution >= 0.6 is 15.9 Å². The predicted octanol–water partition coefficient (Wildman–Crippen LogP) is 3.97. The second-order valence-electron chi connectivity index (χ2n) is 2.86. The van der Waals surface area contributed by atoms with Crippen LogP contribution in [-0.4, -0.2) is 6.43 Å². The Bertz CT molecular complexity index is 338. The highest BCUT2D eigenvalue weighted by atomic mass is 79.9. The summed E-state index contributed by atoms with van der Waals surface area (Å²) in [5, 5.41) is 0. The van der Waals surface area contributed by atoms with E-state index in [-0.39, 0.29) is 11.1 Å². The fourth-order valence-electron chi connectivity index (χ4n) is 1.01. The molecule has 0 aliphatic rings. The Morgan fingerprint density at radius 2 is 1.71 bits per heavy atom. The first-order valence-electron chi connectivity index (χ1n) is 3.81. The maximum atomic E-state index is 13.1. The lowest BCUT2D eigenvalue weighted by Crippen LogP contribution is -2.05. The summed E-state index contributed by atoms with van der Waals surface area (Å²) in [6.45, 7) is 1.37. The quantitative estimate of drug-likeness (QED) is 0.564. The van der Waals surface area contributed by atoms with Gasteiger partial charge in [0.25, 0.3) is 6.43 Å². The monoisotopic (exact) mass is 270 g/mol. The normalized spacial score (nSPS) is 13.4. The minimum absolute atomic E-state index is 0.0974. The average Bonchev–Trinajstić information content (AvgIpc) is 2.10. The highest BCUT2D eigenvalue weighted by Gasteiger charge is 2.23. The molecule has 0 aromatic heterocycles. The van der Waals surface area contributed by atoms with Gasteiger partial charge in [-0.1, -0.05) is 15.9 Å². The molecule has 0 nitrogen and oxygen atoms in total. The van der Waals surface area contributed by atoms with Gasteiger partial charge in [0, 0.05) is 5.56 Å². The smallest absolute Gasteiger partial charge is 0.209 e. The van der Waals surface area contributed by atoms with E-state index in [1.165, 1.54) is 6.92 Å². The molecule has 1 atom stereocenters. The number of aryl methyl sites for hydroxylation is 1. The Hall–Kier alpha value is -0.580. The summed E-state index contributed by atoms with van der Waals surface area (Å²) >= 11 is 2.60. The van der Waals surface area contributed by atoms with Crippen molar-refractivity contribution in [3.8, 4) is 0 Å². The van der Waals surface area contributed by atoms with Crippen molar-refractivity contribution in [2.75, 3.05) is 0 Å². The molecule has 14 heavy (non-hydrogen) atoms. The molecular weight excluding hydrogens is 264 g/mol. The zero-order valence-corrected chi connectivity index (χ0v) is 8.79. The molecule has 5 heteroatoms. The van der Waals surface area contributed by atoms with Crippen molar-refractivity contribution < 1.29 is 17.6 Å². The SMILES string of the molecule is Cc1cc(F)c(C(Br)C(F)F)cc1F. The van der Waals surface area contributed by atoms with Gasteiger partial charge in [0.2, 0.25) is 0 Å². The van der Waals surface area contributed by atoms with E-state index in [4.69, 9.17) is 0 Å². The van der Waals surface area contributed by atoms with Gasteiger partial charge >= 0.3 is 0 Å². The summed E-state index contributed by atoms with van der Waals surface area (Å²) in [5.41, 5.74) is -0.261. The zero-order chi connectivity index (χ0) is 10.9. The largest absolute Gasteiger partial charge is 0.255 e. The van der Waals surface area contributed by atoms with Crippen LogP contribution in [0.15, 0.2) is 12.1 Å². The van der Waals surface area contributed by atoms with Gasteiger partial charge in [0.05, 0.1) is 0 Å². The van der Waals surface area contributed by atoms with Crippen LogP contribution in [0.2, 0.25) is 0 Å². The second kappa shape index (κ2) is 4.29. The van der Waals surface area contributed by atoms with Crippen LogP contribution < -0.4 is 0 Å². The number of benzene rings is 1. The number of rotatable bonds is 2. The van der Waals surface area contributed by atoms with Crippen LogP contribution in [0.25, 0.3) is 0 Å². The Morgan fingerprint density at radius 3 is 2.21 bits per heavy atom. The summed E-state index contributed by atoms with van der Waals surface area (Å²) < 4.78 is 50.4. The van der Waals surface area contributed by atoms with Gasteiger partial charge in [-0.05, 0) is 24.6 Å². The van der Waals surface area contributed by atoms with E-state index in [9.17, 15) is 17.6 Å². The molecule has 0 aliphatic carbocycles. The van der Waals surface area contributed by atoms with E-state index in [1.54, 1.807) is 0 Å². The van der Waals surface area contributed by atoms with Gasteiger partial charge in [-0.25, -0.2) is 17.6 Å². The molecule has 0 amide bonds. The molecule has 1 rings (SSSR count). The maximum Gasteiger partial charge on any atom is 0.255 e. The third-order valence-corrected chi connectivity index (χ3v) is 2.69. The third kappa shape index (κ3) is 2.26. The Labute approximate surface area is 87.1 Å². The van der Waals surface area contributed by atoms with E-state index in [0.717, 1.165) is 12.1 Å². The van der Waals surface area contributed by atoms with Gasteiger partial charge in [0.1, 0.15) is 16.5 Å². The predicted molar refractivity (Wildman–Crippen MR) is 48.8 cm³/mol. The van der Waals surface area contributed by atoms with E-state index < -0.39 is 22.9 Å². The lowest BCUT2D eigenvalue weighted by Gasteiger charge is -2.10. The molecule has 0 N–H and O–H groups in total. The summed E-state index contributed by atoms with van der Waals surface area (Å²) in [6, 6.07) is 1.69. The lowest BCUT2D eigenvalue weighted by atomic mass is 10.1. The number of hydrogen-bond acceptors (Lipinski definition) is 0. The van der Waals surface area contributed by atoms with Crippen molar-refractivity contribution in [3.63, 3.8) is 0 Å². The van der Waals surface area contributed by atoms with Crippen LogP contribution in [-0.2, 0) is 0 Å². The van der Waals surface area contributed by atoms with Crippen molar-refractivity contribution in [2.45, 2.75) is 18.2 Å². The molecule has 0 bridgehead atoms. The molecule has 0 radical (unpaired) electrons. The molecule has 0 spiro atoms. The van der Waals surface area contributed by atoms with Crippen molar-refractivity contribution >= 4 is 15.9 Å². The second-order valence-corrected chi connectivity index (χ2v) is 3.85. The fraction of sp³-hybridized carbons (Fsp3) is 0.333. The standard InChI is InChI=1S/C9H7BrF4/c1-4-2-7(12)5(3-6(4)11)8(10)9(13)14/h2-3,8-9H,1H3. The average molecular weight is 271 g/mol. The van der Waals surface area contributed by atoms with Crippen molar-refractivity contribution in [3.05, 3.63) is 34.9 Å². The summed E-state index contributed by atoms with van der Waals surface area (Å²) in [7, 11) is 0. The lowest BCUT2D eigenvalue weighted by molar-refractivity contribution is 0.146. The molecule has 1 aromatic carbocycles. The first-order valence-corrected chi connectivity index (χ1v) is 4.73. The van der Waals surface area contributed by atoms with Crippen LogP contribution in [0.5, 0.6) is 0 Å². The number of halogens is 5. The molecular formula is C9H7BrF4. The van der Waals surface area contributed by atoms with Crippen LogP contribution in [0.1, 0.15) is 16.0 Å². The van der Waals surface area contributed by atoms with E-state index in [0.29, 0.717) is 0 Å². The van der Waals surface area contributed by atoms with E-state index in [1.807, 2.05) is 0 Å². The maximum absolute atomic E-state index is 13.1. The highest BCUT2D eigenvalue weighted by molar-refractivity contribution is 9.09. The topological polar surface area (TPSA) is 0 Å². The summed E-state index contributed by atoms with van der Waals surface area (Å²) in [4.78, 5) is -1.47. The molecule has 78 valence electrons. The van der Waals surface area contributed by atoms with Gasteiger partial charge in [-0.2, -0.15) is 0 Å². The number of alkyl halides is 3. The van der Waals surface area contributed by atoms with Crippen molar-refractivity contribution in [1.82, 2.24) is 0 Å². The minimum Gasteiger partial charge on any atom is -0.209 e. The van der Waals surface area contributed by atoms with Gasteiger partial charge in [-0.3, -0.25) is 0 Å². The van der Waals surface area contributed by atoms with Crippen LogP contribution in [0, 0.1) is 18.6 Å².